The van der Waals surface area contributed by atoms with E-state index in [0.29, 0.717) is 4.35 Å². The molecule has 0 amide bonds. The van der Waals surface area contributed by atoms with Gasteiger partial charge in [-0.05, 0) is 5.92 Å². The molecule has 0 saturated heterocycles. The molecule has 0 radical (unpaired) electrons. The second-order valence-electron chi connectivity index (χ2n) is 2.75. The van der Waals surface area contributed by atoms with E-state index in [0.717, 1.165) is 0 Å². The van der Waals surface area contributed by atoms with Crippen LogP contribution in [-0.2, 0) is 14.2 Å². The van der Waals surface area contributed by atoms with Crippen molar-refractivity contribution in [1.29, 1.82) is 0 Å². The minimum Gasteiger partial charge on any atom is -0.340 e. The van der Waals surface area contributed by atoms with E-state index in [1.165, 1.54) is 0 Å². The van der Waals surface area contributed by atoms with Crippen molar-refractivity contribution in [2.75, 3.05) is 0 Å². The van der Waals surface area contributed by atoms with Crippen LogP contribution >= 0.6 is 20.4 Å². The van der Waals surface area contributed by atoms with E-state index in [1.54, 1.807) is 6.92 Å². The van der Waals surface area contributed by atoms with Gasteiger partial charge in [-0.2, -0.15) is 0 Å². The summed E-state index contributed by atoms with van der Waals surface area (Å²) >= 11 is 5.17. The molecule has 0 fully saturated rings. The lowest BCUT2D eigenvalue weighted by molar-refractivity contribution is -0.163. The molecule has 0 aliphatic rings. The predicted molar refractivity (Wildman–Crippen MR) is 45.4 cm³/mol. The SMILES string of the molecule is CC(C)C(C)C(=O)ON(Cl)P=O. The molecule has 70 valence electrons. The number of hydrogen-bond acceptors (Lipinski definition) is 3. The first-order chi connectivity index (χ1) is 5.49. The average molecular weight is 212 g/mol. The number of hydrogen-bond donors (Lipinski definition) is 0. The van der Waals surface area contributed by atoms with Gasteiger partial charge < -0.3 is 4.84 Å². The molecule has 0 aromatic rings. The van der Waals surface area contributed by atoms with Crippen LogP contribution in [-0.4, -0.2) is 10.3 Å². The van der Waals surface area contributed by atoms with Crippen LogP contribution in [0.4, 0.5) is 0 Å². The Labute approximate surface area is 78.1 Å². The molecule has 0 saturated carbocycles. The summed E-state index contributed by atoms with van der Waals surface area (Å²) in [6, 6.07) is 0. The maximum atomic E-state index is 11.1. The summed E-state index contributed by atoms with van der Waals surface area (Å²) in [5, 5.41) is 0. The van der Waals surface area contributed by atoms with Crippen LogP contribution in [0.25, 0.3) is 0 Å². The second-order valence-corrected chi connectivity index (χ2v) is 3.82. The van der Waals surface area contributed by atoms with E-state index >= 15 is 0 Å². The Hall–Kier alpha value is -0.180. The molecule has 0 aromatic heterocycles. The van der Waals surface area contributed by atoms with Crippen molar-refractivity contribution >= 4 is 26.4 Å². The topological polar surface area (TPSA) is 46.6 Å². The summed E-state index contributed by atoms with van der Waals surface area (Å²) in [7, 11) is -0.548. The van der Waals surface area contributed by atoms with Crippen molar-refractivity contribution < 1.29 is 14.2 Å². The lowest BCUT2D eigenvalue weighted by Crippen LogP contribution is -2.22. The van der Waals surface area contributed by atoms with Crippen molar-refractivity contribution in [3.63, 3.8) is 0 Å². The van der Waals surface area contributed by atoms with Gasteiger partial charge in [0.15, 0.2) is 0 Å². The maximum Gasteiger partial charge on any atom is 0.330 e. The van der Waals surface area contributed by atoms with Crippen LogP contribution in [0, 0.1) is 11.8 Å². The van der Waals surface area contributed by atoms with Crippen molar-refractivity contribution in [3.05, 3.63) is 0 Å². The molecule has 0 aromatic carbocycles. The fourth-order valence-electron chi connectivity index (χ4n) is 0.446. The summed E-state index contributed by atoms with van der Waals surface area (Å²) in [6.07, 6.45) is 0. The molecule has 6 heteroatoms. The highest BCUT2D eigenvalue weighted by Crippen LogP contribution is 2.16. The quantitative estimate of drug-likeness (QED) is 0.407. The highest BCUT2D eigenvalue weighted by molar-refractivity contribution is 7.22. The molecule has 0 aliphatic carbocycles. The Bertz CT molecular complexity index is 176. The minimum absolute atomic E-state index is 0.172. The predicted octanol–water partition coefficient (Wildman–Crippen LogP) is 2.40. The summed E-state index contributed by atoms with van der Waals surface area (Å²) in [5.41, 5.74) is 0. The van der Waals surface area contributed by atoms with E-state index < -0.39 is 14.6 Å². The number of carbonyl (C=O) groups excluding carboxylic acids is 1. The molecular weight excluding hydrogens is 200 g/mol. The number of carbonyl (C=O) groups is 1. The zero-order valence-electron chi connectivity index (χ0n) is 7.15. The van der Waals surface area contributed by atoms with Gasteiger partial charge in [-0.1, -0.05) is 20.8 Å². The molecule has 1 atom stereocenters. The van der Waals surface area contributed by atoms with Crippen LogP contribution < -0.4 is 0 Å². The van der Waals surface area contributed by atoms with Gasteiger partial charge in [-0.3, -0.25) is 4.57 Å². The fraction of sp³-hybridized carbons (Fsp3) is 0.833. The van der Waals surface area contributed by atoms with E-state index in [4.69, 9.17) is 11.8 Å². The van der Waals surface area contributed by atoms with Crippen molar-refractivity contribution in [2.45, 2.75) is 20.8 Å². The Kier molecular flexibility index (Phi) is 5.38. The first kappa shape index (κ1) is 11.8. The molecule has 4 nitrogen and oxygen atoms in total. The van der Waals surface area contributed by atoms with E-state index in [-0.39, 0.29) is 11.8 Å². The van der Waals surface area contributed by atoms with Crippen LogP contribution in [0.1, 0.15) is 20.8 Å². The zero-order chi connectivity index (χ0) is 9.72. The Morgan fingerprint density at radius 2 is 2.00 bits per heavy atom. The lowest BCUT2D eigenvalue weighted by atomic mass is 9.99. The van der Waals surface area contributed by atoms with Gasteiger partial charge >= 0.3 is 14.6 Å². The van der Waals surface area contributed by atoms with Crippen molar-refractivity contribution in [3.8, 4) is 0 Å². The molecular formula is C6H11ClNO3P. The summed E-state index contributed by atoms with van der Waals surface area (Å²) in [6.45, 7) is 5.50. The number of nitrogens with zero attached hydrogens (tertiary/aromatic N) is 1. The van der Waals surface area contributed by atoms with E-state index in [9.17, 15) is 9.36 Å². The molecule has 0 rings (SSSR count). The van der Waals surface area contributed by atoms with Gasteiger partial charge in [0.05, 0.1) is 5.92 Å². The maximum absolute atomic E-state index is 11.1. The summed E-state index contributed by atoms with van der Waals surface area (Å²) in [5.74, 6) is -0.567. The molecule has 1 unspecified atom stereocenters. The third-order valence-corrected chi connectivity index (χ3v) is 2.07. The molecule has 0 heterocycles. The van der Waals surface area contributed by atoms with Crippen LogP contribution in [0.3, 0.4) is 0 Å². The summed E-state index contributed by atoms with van der Waals surface area (Å²) < 4.78 is 10.5. The Morgan fingerprint density at radius 3 is 2.33 bits per heavy atom. The van der Waals surface area contributed by atoms with Gasteiger partial charge in [-0.25, -0.2) is 4.79 Å². The molecule has 0 aliphatic heterocycles. The fourth-order valence-corrected chi connectivity index (χ4v) is 0.628. The molecule has 12 heavy (non-hydrogen) atoms. The van der Waals surface area contributed by atoms with E-state index in [2.05, 4.69) is 4.84 Å². The largest absolute Gasteiger partial charge is 0.340 e. The van der Waals surface area contributed by atoms with Gasteiger partial charge in [-0.15, -0.1) is 0 Å². The van der Waals surface area contributed by atoms with E-state index in [1.807, 2.05) is 13.8 Å². The summed E-state index contributed by atoms with van der Waals surface area (Å²) in [4.78, 5) is 15.5. The molecule has 0 spiro atoms. The Balaban J connectivity index is 3.95. The lowest BCUT2D eigenvalue weighted by Gasteiger charge is -2.13. The smallest absolute Gasteiger partial charge is 0.330 e. The number of halogens is 1. The van der Waals surface area contributed by atoms with Crippen molar-refractivity contribution in [1.82, 2.24) is 4.35 Å². The third kappa shape index (κ3) is 4.00. The van der Waals surface area contributed by atoms with Crippen molar-refractivity contribution in [2.24, 2.45) is 11.8 Å². The second kappa shape index (κ2) is 5.46. The first-order valence-corrected chi connectivity index (χ1v) is 4.60. The zero-order valence-corrected chi connectivity index (χ0v) is 8.80. The Morgan fingerprint density at radius 1 is 1.50 bits per heavy atom. The normalized spacial score (nSPS) is 13.8. The molecule has 0 bridgehead atoms. The standard InChI is InChI=1S/C6H11ClNO3P/c1-4(2)5(3)6(9)11-8(7)12-10/h4-5H,1-3H3. The van der Waals surface area contributed by atoms with Crippen LogP contribution in [0.5, 0.6) is 0 Å². The monoisotopic (exact) mass is 211 g/mol. The first-order valence-electron chi connectivity index (χ1n) is 3.50. The molecule has 0 N–H and O–H groups in total. The number of rotatable bonds is 4. The van der Waals surface area contributed by atoms with Gasteiger partial charge in [0.1, 0.15) is 0 Å². The van der Waals surface area contributed by atoms with Crippen LogP contribution in [0.2, 0.25) is 0 Å². The highest BCUT2D eigenvalue weighted by Gasteiger charge is 2.20. The highest BCUT2D eigenvalue weighted by atomic mass is 35.5. The van der Waals surface area contributed by atoms with Gasteiger partial charge in [0, 0.05) is 16.1 Å². The minimum atomic E-state index is -0.548. The third-order valence-electron chi connectivity index (χ3n) is 1.60. The van der Waals surface area contributed by atoms with Gasteiger partial charge in [0.2, 0.25) is 0 Å². The van der Waals surface area contributed by atoms with Crippen LogP contribution in [0.15, 0.2) is 0 Å². The van der Waals surface area contributed by atoms with Gasteiger partial charge in [0.25, 0.3) is 0 Å². The average Bonchev–Trinajstić information content (AvgIpc) is 2.02.